The fourth-order valence-corrected chi connectivity index (χ4v) is 3.44. The number of nitro groups is 2. The summed E-state index contributed by atoms with van der Waals surface area (Å²) >= 11 is 0. The van der Waals surface area contributed by atoms with E-state index in [1.165, 1.54) is 13.0 Å². The van der Waals surface area contributed by atoms with Crippen molar-refractivity contribution in [3.05, 3.63) is 67.8 Å². The summed E-state index contributed by atoms with van der Waals surface area (Å²) in [5.74, 6) is 0. The Morgan fingerprint density at radius 2 is 1.93 bits per heavy atom. The summed E-state index contributed by atoms with van der Waals surface area (Å²) in [6.45, 7) is 2.32. The van der Waals surface area contributed by atoms with Crippen molar-refractivity contribution in [3.63, 3.8) is 0 Å². The molecule has 1 fully saturated rings. The minimum Gasteiger partial charge on any atom is -0.392 e. The number of nitrogens with one attached hydrogen (secondary N) is 1. The van der Waals surface area contributed by atoms with E-state index in [2.05, 4.69) is 10.2 Å². The highest BCUT2D eigenvalue weighted by molar-refractivity contribution is 5.78. The van der Waals surface area contributed by atoms with Gasteiger partial charge in [0, 0.05) is 36.4 Å². The molecule has 1 heterocycles. The lowest BCUT2D eigenvalue weighted by Crippen LogP contribution is -2.26. The van der Waals surface area contributed by atoms with Crippen LogP contribution in [0, 0.1) is 27.2 Å². The molecular weight excluding hydrogens is 352 g/mol. The van der Waals surface area contributed by atoms with Gasteiger partial charge in [-0.2, -0.15) is 0 Å². The molecule has 1 aliphatic heterocycles. The summed E-state index contributed by atoms with van der Waals surface area (Å²) in [6.07, 6.45) is 0.698. The highest BCUT2D eigenvalue weighted by Crippen LogP contribution is 2.40. The highest BCUT2D eigenvalue weighted by Gasteiger charge is 2.33. The molecule has 0 spiro atoms. The number of anilines is 2. The first kappa shape index (κ1) is 18.6. The van der Waals surface area contributed by atoms with E-state index in [1.807, 2.05) is 30.3 Å². The summed E-state index contributed by atoms with van der Waals surface area (Å²) in [4.78, 5) is 23.9. The summed E-state index contributed by atoms with van der Waals surface area (Å²) in [7, 11) is 0. The largest absolute Gasteiger partial charge is 0.392 e. The normalized spacial score (nSPS) is 16.4. The van der Waals surface area contributed by atoms with E-state index in [4.69, 9.17) is 0 Å². The second-order valence-corrected chi connectivity index (χ2v) is 6.49. The van der Waals surface area contributed by atoms with E-state index in [0.717, 1.165) is 12.2 Å². The Morgan fingerprint density at radius 1 is 1.22 bits per heavy atom. The average molecular weight is 372 g/mol. The Balaban J connectivity index is 1.93. The minimum absolute atomic E-state index is 0.0976. The van der Waals surface area contributed by atoms with Crippen molar-refractivity contribution in [3.8, 4) is 0 Å². The monoisotopic (exact) mass is 372 g/mol. The zero-order valence-corrected chi connectivity index (χ0v) is 14.8. The molecule has 0 bridgehead atoms. The molecule has 27 heavy (non-hydrogen) atoms. The van der Waals surface area contributed by atoms with E-state index in [0.29, 0.717) is 13.0 Å². The Bertz CT molecular complexity index is 872. The van der Waals surface area contributed by atoms with Crippen LogP contribution in [0.3, 0.4) is 0 Å². The van der Waals surface area contributed by atoms with Gasteiger partial charge in [0.15, 0.2) is 5.69 Å². The molecule has 1 unspecified atom stereocenters. The van der Waals surface area contributed by atoms with Crippen LogP contribution in [0.25, 0.3) is 0 Å². The van der Waals surface area contributed by atoms with Crippen molar-refractivity contribution < 1.29 is 15.0 Å². The van der Waals surface area contributed by atoms with E-state index in [9.17, 15) is 25.3 Å². The van der Waals surface area contributed by atoms with Crippen LogP contribution in [0.4, 0.5) is 22.7 Å². The zero-order chi connectivity index (χ0) is 19.6. The van der Waals surface area contributed by atoms with Gasteiger partial charge in [0.25, 0.3) is 5.69 Å². The number of nitrogens with zero attached hydrogens (tertiary/aromatic N) is 3. The molecule has 1 saturated heterocycles. The van der Waals surface area contributed by atoms with Gasteiger partial charge in [0.05, 0.1) is 16.5 Å². The molecule has 0 aliphatic carbocycles. The van der Waals surface area contributed by atoms with Crippen LogP contribution < -0.4 is 10.2 Å². The van der Waals surface area contributed by atoms with Gasteiger partial charge in [-0.05, 0) is 31.0 Å². The predicted octanol–water partition coefficient (Wildman–Crippen LogP) is 2.99. The van der Waals surface area contributed by atoms with Gasteiger partial charge in [-0.1, -0.05) is 18.2 Å². The molecule has 0 aromatic heterocycles. The SMILES string of the molecule is Cc1c(CO)cc([N+](=O)[O-])c(NC2CCN(c3ccccc3)C2)c1[N+](=O)[O-]. The standard InChI is InChI=1S/C18H20N4O5/c1-12-13(11-23)9-16(21(24)25)17(18(12)22(26)27)19-14-7-8-20(10-14)15-5-3-2-4-6-15/h2-6,9,14,19,23H,7-8,10-11H2,1H3. The second-order valence-electron chi connectivity index (χ2n) is 6.49. The molecule has 2 aromatic carbocycles. The van der Waals surface area contributed by atoms with Crippen LogP contribution in [0.1, 0.15) is 17.5 Å². The van der Waals surface area contributed by atoms with Gasteiger partial charge in [0.2, 0.25) is 0 Å². The van der Waals surface area contributed by atoms with Gasteiger partial charge < -0.3 is 15.3 Å². The topological polar surface area (TPSA) is 122 Å². The van der Waals surface area contributed by atoms with E-state index in [1.54, 1.807) is 0 Å². The van der Waals surface area contributed by atoms with Crippen molar-refractivity contribution in [2.45, 2.75) is 26.0 Å². The summed E-state index contributed by atoms with van der Waals surface area (Å²) in [5, 5.41) is 35.5. The second kappa shape index (κ2) is 7.58. The molecule has 9 nitrogen and oxygen atoms in total. The lowest BCUT2D eigenvalue weighted by Gasteiger charge is -2.20. The lowest BCUT2D eigenvalue weighted by atomic mass is 10.0. The molecule has 1 aliphatic rings. The van der Waals surface area contributed by atoms with Crippen molar-refractivity contribution in [2.75, 3.05) is 23.3 Å². The third kappa shape index (κ3) is 3.68. The van der Waals surface area contributed by atoms with Gasteiger partial charge >= 0.3 is 5.69 Å². The van der Waals surface area contributed by atoms with E-state index in [-0.39, 0.29) is 28.5 Å². The maximum Gasteiger partial charge on any atom is 0.302 e. The number of hydrogen-bond donors (Lipinski definition) is 2. The lowest BCUT2D eigenvalue weighted by molar-refractivity contribution is -0.392. The summed E-state index contributed by atoms with van der Waals surface area (Å²) in [6, 6.07) is 10.8. The number of aliphatic hydroxyl groups excluding tert-OH is 1. The molecule has 142 valence electrons. The fourth-order valence-electron chi connectivity index (χ4n) is 3.44. The van der Waals surface area contributed by atoms with Crippen LogP contribution in [0.15, 0.2) is 36.4 Å². The number of rotatable bonds is 6. The number of para-hydroxylation sites is 1. The molecule has 0 radical (unpaired) electrons. The molecule has 1 atom stereocenters. The third-order valence-corrected chi connectivity index (χ3v) is 4.85. The fraction of sp³-hybridized carbons (Fsp3) is 0.333. The molecule has 0 amide bonds. The van der Waals surface area contributed by atoms with Gasteiger partial charge in [-0.3, -0.25) is 20.2 Å². The van der Waals surface area contributed by atoms with E-state index < -0.39 is 22.1 Å². The zero-order valence-electron chi connectivity index (χ0n) is 14.8. The molecule has 9 heteroatoms. The summed E-state index contributed by atoms with van der Waals surface area (Å²) in [5.41, 5.74) is 0.600. The van der Waals surface area contributed by atoms with Crippen LogP contribution in [0.2, 0.25) is 0 Å². The van der Waals surface area contributed by atoms with Crippen molar-refractivity contribution in [1.82, 2.24) is 0 Å². The van der Waals surface area contributed by atoms with Crippen molar-refractivity contribution >= 4 is 22.7 Å². The Kier molecular flexibility index (Phi) is 5.22. The third-order valence-electron chi connectivity index (χ3n) is 4.85. The van der Waals surface area contributed by atoms with Gasteiger partial charge in [-0.15, -0.1) is 0 Å². The van der Waals surface area contributed by atoms with Crippen LogP contribution in [-0.2, 0) is 6.61 Å². The van der Waals surface area contributed by atoms with Crippen LogP contribution in [0.5, 0.6) is 0 Å². The Hall–Kier alpha value is -3.20. The highest BCUT2D eigenvalue weighted by atomic mass is 16.6. The van der Waals surface area contributed by atoms with Crippen LogP contribution in [-0.4, -0.2) is 34.1 Å². The number of aliphatic hydroxyl groups is 1. The van der Waals surface area contributed by atoms with Crippen molar-refractivity contribution in [2.24, 2.45) is 0 Å². The Morgan fingerprint density at radius 3 is 2.52 bits per heavy atom. The summed E-state index contributed by atoms with van der Waals surface area (Å²) < 4.78 is 0. The van der Waals surface area contributed by atoms with Crippen molar-refractivity contribution in [1.29, 1.82) is 0 Å². The smallest absolute Gasteiger partial charge is 0.302 e. The average Bonchev–Trinajstić information content (AvgIpc) is 3.10. The van der Waals surface area contributed by atoms with E-state index >= 15 is 0 Å². The molecule has 2 aromatic rings. The first-order valence-corrected chi connectivity index (χ1v) is 8.55. The Labute approximate surface area is 155 Å². The first-order chi connectivity index (χ1) is 12.9. The maximum absolute atomic E-state index is 11.6. The quantitative estimate of drug-likeness (QED) is 0.590. The number of benzene rings is 2. The minimum atomic E-state index is -0.655. The van der Waals surface area contributed by atoms with Crippen LogP contribution >= 0.6 is 0 Å². The maximum atomic E-state index is 11.6. The molecular formula is C18H20N4O5. The number of hydrogen-bond acceptors (Lipinski definition) is 7. The molecule has 0 saturated carbocycles. The number of nitro benzene ring substituents is 2. The first-order valence-electron chi connectivity index (χ1n) is 8.55. The van der Waals surface area contributed by atoms with Gasteiger partial charge in [0.1, 0.15) is 0 Å². The molecule has 2 N–H and O–H groups in total. The predicted molar refractivity (Wildman–Crippen MR) is 101 cm³/mol. The molecule has 3 rings (SSSR count). The van der Waals surface area contributed by atoms with Gasteiger partial charge in [-0.25, -0.2) is 0 Å².